The van der Waals surface area contributed by atoms with Gasteiger partial charge in [-0.2, -0.15) is 4.31 Å². The number of nitrogens with zero attached hydrogens (tertiary/aromatic N) is 1. The van der Waals surface area contributed by atoms with Crippen molar-refractivity contribution in [2.75, 3.05) is 19.8 Å². The zero-order valence-corrected chi connectivity index (χ0v) is 18.3. The Labute approximate surface area is 173 Å². The van der Waals surface area contributed by atoms with Crippen molar-refractivity contribution in [2.45, 2.75) is 38.8 Å². The molecule has 1 atom stereocenters. The van der Waals surface area contributed by atoms with Gasteiger partial charge in [0.1, 0.15) is 11.8 Å². The van der Waals surface area contributed by atoms with Crippen LogP contribution in [0.2, 0.25) is 0 Å². The maximum absolute atomic E-state index is 12.8. The van der Waals surface area contributed by atoms with Crippen LogP contribution in [-0.4, -0.2) is 44.6 Å². The Hall–Kier alpha value is -2.38. The van der Waals surface area contributed by atoms with E-state index in [2.05, 4.69) is 5.32 Å². The summed E-state index contributed by atoms with van der Waals surface area (Å²) in [5.74, 6) is 0.511. The molecule has 1 N–H and O–H groups in total. The molecule has 0 aromatic heterocycles. The standard InChI is InChI=1S/C22H30N2O4S/c1-17(2)28-20-14-12-18(13-15-20)9-8-16-23-22(25)21(24(3)29(4,26)27)19-10-6-5-7-11-19/h5-7,10-15,17,21H,8-9,16H2,1-4H3,(H,23,25). The summed E-state index contributed by atoms with van der Waals surface area (Å²) in [6, 6.07) is 16.0. The van der Waals surface area contributed by atoms with E-state index in [9.17, 15) is 13.2 Å². The van der Waals surface area contributed by atoms with E-state index in [0.717, 1.165) is 34.7 Å². The fourth-order valence-corrected chi connectivity index (χ4v) is 3.56. The zero-order chi connectivity index (χ0) is 21.4. The number of carbonyl (C=O) groups excluding carboxylic acids is 1. The highest BCUT2D eigenvalue weighted by Crippen LogP contribution is 2.22. The third-order valence-corrected chi connectivity index (χ3v) is 5.74. The molecule has 1 amide bonds. The molecule has 0 aliphatic carbocycles. The van der Waals surface area contributed by atoms with Crippen molar-refractivity contribution in [3.05, 3.63) is 65.7 Å². The SMILES string of the molecule is CC(C)Oc1ccc(CCCNC(=O)C(c2ccccc2)N(C)S(C)(=O)=O)cc1. The molecule has 0 saturated heterocycles. The largest absolute Gasteiger partial charge is 0.491 e. The Balaban J connectivity index is 1.93. The van der Waals surface area contributed by atoms with Crippen molar-refractivity contribution in [3.63, 3.8) is 0 Å². The monoisotopic (exact) mass is 418 g/mol. The lowest BCUT2D eigenvalue weighted by Gasteiger charge is -2.25. The zero-order valence-electron chi connectivity index (χ0n) is 17.5. The number of aryl methyl sites for hydroxylation is 1. The van der Waals surface area contributed by atoms with Crippen LogP contribution >= 0.6 is 0 Å². The number of likely N-dealkylation sites (N-methyl/N-ethyl adjacent to an activating group) is 1. The van der Waals surface area contributed by atoms with Crippen LogP contribution in [0.3, 0.4) is 0 Å². The Bertz CT molecular complexity index is 881. The Morgan fingerprint density at radius 1 is 1.07 bits per heavy atom. The molecular formula is C22H30N2O4S. The summed E-state index contributed by atoms with van der Waals surface area (Å²) >= 11 is 0. The summed E-state index contributed by atoms with van der Waals surface area (Å²) in [6.07, 6.45) is 2.79. The van der Waals surface area contributed by atoms with Crippen LogP contribution in [0.4, 0.5) is 0 Å². The molecule has 1 unspecified atom stereocenters. The summed E-state index contributed by atoms with van der Waals surface area (Å²) in [4.78, 5) is 12.8. The van der Waals surface area contributed by atoms with Crippen LogP contribution in [0.15, 0.2) is 54.6 Å². The predicted octanol–water partition coefficient (Wildman–Crippen LogP) is 3.16. The fourth-order valence-electron chi connectivity index (χ4n) is 2.96. The Kier molecular flexibility index (Phi) is 8.22. The van der Waals surface area contributed by atoms with Crippen molar-refractivity contribution in [2.24, 2.45) is 0 Å². The minimum absolute atomic E-state index is 0.138. The van der Waals surface area contributed by atoms with Gasteiger partial charge >= 0.3 is 0 Å². The first kappa shape index (κ1) is 22.9. The van der Waals surface area contributed by atoms with Crippen molar-refractivity contribution in [3.8, 4) is 5.75 Å². The van der Waals surface area contributed by atoms with Crippen molar-refractivity contribution in [1.82, 2.24) is 9.62 Å². The van der Waals surface area contributed by atoms with Crippen LogP contribution in [0.5, 0.6) is 5.75 Å². The minimum Gasteiger partial charge on any atom is -0.491 e. The Morgan fingerprint density at radius 3 is 2.24 bits per heavy atom. The normalized spacial score (nSPS) is 12.8. The van der Waals surface area contributed by atoms with E-state index in [1.165, 1.54) is 7.05 Å². The van der Waals surface area contributed by atoms with Gasteiger partial charge in [0.2, 0.25) is 15.9 Å². The highest BCUT2D eigenvalue weighted by atomic mass is 32.2. The van der Waals surface area contributed by atoms with Crippen molar-refractivity contribution in [1.29, 1.82) is 0 Å². The van der Waals surface area contributed by atoms with Gasteiger partial charge in [0.15, 0.2) is 0 Å². The molecular weight excluding hydrogens is 388 g/mol. The van der Waals surface area contributed by atoms with E-state index >= 15 is 0 Å². The third-order valence-electron chi connectivity index (χ3n) is 4.49. The minimum atomic E-state index is -3.52. The number of nitrogens with one attached hydrogen (secondary N) is 1. The maximum atomic E-state index is 12.8. The average molecular weight is 419 g/mol. The van der Waals surface area contributed by atoms with Gasteiger partial charge in [0.25, 0.3) is 0 Å². The van der Waals surface area contributed by atoms with Crippen molar-refractivity contribution < 1.29 is 17.9 Å². The van der Waals surface area contributed by atoms with Gasteiger partial charge in [0.05, 0.1) is 12.4 Å². The van der Waals surface area contributed by atoms with Gasteiger partial charge < -0.3 is 10.1 Å². The van der Waals surface area contributed by atoms with Crippen LogP contribution in [0.1, 0.15) is 37.4 Å². The van der Waals surface area contributed by atoms with E-state index in [1.807, 2.05) is 44.2 Å². The van der Waals surface area contributed by atoms with Crippen LogP contribution in [-0.2, 0) is 21.2 Å². The number of rotatable bonds is 10. The van der Waals surface area contributed by atoms with Gasteiger partial charge in [-0.05, 0) is 49.9 Å². The quantitative estimate of drug-likeness (QED) is 0.602. The maximum Gasteiger partial charge on any atom is 0.242 e. The first-order chi connectivity index (χ1) is 13.7. The number of hydrogen-bond donors (Lipinski definition) is 1. The molecule has 7 heteroatoms. The average Bonchev–Trinajstić information content (AvgIpc) is 2.66. The topological polar surface area (TPSA) is 75.7 Å². The molecule has 2 aromatic carbocycles. The van der Waals surface area contributed by atoms with Gasteiger partial charge in [-0.1, -0.05) is 42.5 Å². The lowest BCUT2D eigenvalue weighted by atomic mass is 10.1. The van der Waals surface area contributed by atoms with Crippen LogP contribution in [0, 0.1) is 0 Å². The molecule has 2 rings (SSSR count). The molecule has 29 heavy (non-hydrogen) atoms. The number of amides is 1. The number of carbonyl (C=O) groups is 1. The molecule has 0 radical (unpaired) electrons. The molecule has 0 fully saturated rings. The molecule has 0 heterocycles. The second kappa shape index (κ2) is 10.4. The van der Waals surface area contributed by atoms with Gasteiger partial charge in [0, 0.05) is 13.6 Å². The van der Waals surface area contributed by atoms with Crippen LogP contribution < -0.4 is 10.1 Å². The Morgan fingerprint density at radius 2 is 1.69 bits per heavy atom. The van der Waals surface area contributed by atoms with Gasteiger partial charge in [-0.15, -0.1) is 0 Å². The lowest BCUT2D eigenvalue weighted by molar-refractivity contribution is -0.124. The second-order valence-corrected chi connectivity index (χ2v) is 9.34. The van der Waals surface area contributed by atoms with Gasteiger partial charge in [-0.25, -0.2) is 8.42 Å². The second-order valence-electron chi connectivity index (χ2n) is 7.30. The molecule has 0 bridgehead atoms. The fraction of sp³-hybridized carbons (Fsp3) is 0.409. The molecule has 0 aliphatic rings. The third kappa shape index (κ3) is 7.18. The molecule has 0 saturated carbocycles. The van der Waals surface area contributed by atoms with Crippen molar-refractivity contribution >= 4 is 15.9 Å². The van der Waals surface area contributed by atoms with E-state index in [-0.39, 0.29) is 12.0 Å². The number of benzene rings is 2. The number of sulfonamides is 1. The molecule has 0 spiro atoms. The summed E-state index contributed by atoms with van der Waals surface area (Å²) < 4.78 is 30.7. The molecule has 2 aromatic rings. The highest BCUT2D eigenvalue weighted by molar-refractivity contribution is 7.88. The first-order valence-electron chi connectivity index (χ1n) is 9.69. The number of hydrogen-bond acceptors (Lipinski definition) is 4. The summed E-state index contributed by atoms with van der Waals surface area (Å²) in [5.41, 5.74) is 1.79. The van der Waals surface area contributed by atoms with Crippen LogP contribution in [0.25, 0.3) is 0 Å². The van der Waals surface area contributed by atoms with Gasteiger partial charge in [-0.3, -0.25) is 4.79 Å². The van der Waals surface area contributed by atoms with E-state index in [4.69, 9.17) is 4.74 Å². The van der Waals surface area contributed by atoms with E-state index < -0.39 is 16.1 Å². The molecule has 0 aliphatic heterocycles. The summed E-state index contributed by atoms with van der Waals surface area (Å²) in [6.45, 7) is 4.44. The lowest BCUT2D eigenvalue weighted by Crippen LogP contribution is -2.41. The number of ether oxygens (including phenoxy) is 1. The van der Waals surface area contributed by atoms with E-state index in [1.54, 1.807) is 24.3 Å². The van der Waals surface area contributed by atoms with E-state index in [0.29, 0.717) is 12.1 Å². The highest BCUT2D eigenvalue weighted by Gasteiger charge is 2.30. The molecule has 6 nitrogen and oxygen atoms in total. The predicted molar refractivity (Wildman–Crippen MR) is 115 cm³/mol. The summed E-state index contributed by atoms with van der Waals surface area (Å²) in [7, 11) is -2.10. The summed E-state index contributed by atoms with van der Waals surface area (Å²) in [5, 5.41) is 2.87. The smallest absolute Gasteiger partial charge is 0.242 e. The molecule has 158 valence electrons. The first-order valence-corrected chi connectivity index (χ1v) is 11.5.